The molecule has 1 saturated heterocycles. The molecule has 0 amide bonds. The Balaban J connectivity index is 1.36. The number of nitrogens with zero attached hydrogens (tertiary/aromatic N) is 2. The van der Waals surface area contributed by atoms with Gasteiger partial charge in [-0.2, -0.15) is 0 Å². The van der Waals surface area contributed by atoms with Gasteiger partial charge in [-0.15, -0.1) is 0 Å². The number of benzene rings is 2. The lowest BCUT2D eigenvalue weighted by Gasteiger charge is -2.45. The number of halogens is 2. The Morgan fingerprint density at radius 1 is 1.09 bits per heavy atom. The first-order chi connectivity index (χ1) is 17.1. The van der Waals surface area contributed by atoms with E-state index in [9.17, 15) is 4.39 Å². The maximum atomic E-state index is 14.9. The van der Waals surface area contributed by atoms with E-state index in [2.05, 4.69) is 50.1 Å². The zero-order valence-corrected chi connectivity index (χ0v) is 22.9. The van der Waals surface area contributed by atoms with E-state index >= 15 is 0 Å². The summed E-state index contributed by atoms with van der Waals surface area (Å²) in [5, 5.41) is 3.66. The third kappa shape index (κ3) is 7.06. The SMILES string of the molecule is CCCCNCC1CCC(N2CCN(Cc3cc(OC)ccc3Br)CC2)CC1c1ccccc1F. The number of hydrogen-bond acceptors (Lipinski definition) is 4. The van der Waals surface area contributed by atoms with Gasteiger partial charge >= 0.3 is 0 Å². The molecule has 3 unspecified atom stereocenters. The summed E-state index contributed by atoms with van der Waals surface area (Å²) in [5.41, 5.74) is 2.19. The Morgan fingerprint density at radius 3 is 2.63 bits per heavy atom. The van der Waals surface area contributed by atoms with Crippen LogP contribution in [0.4, 0.5) is 4.39 Å². The van der Waals surface area contributed by atoms with Crippen LogP contribution in [0, 0.1) is 11.7 Å². The fraction of sp³-hybridized carbons (Fsp3) is 0.586. The van der Waals surface area contributed by atoms with Crippen LogP contribution < -0.4 is 10.1 Å². The smallest absolute Gasteiger partial charge is 0.126 e. The topological polar surface area (TPSA) is 27.7 Å². The van der Waals surface area contributed by atoms with Crippen LogP contribution in [-0.2, 0) is 6.54 Å². The first-order valence-electron chi connectivity index (χ1n) is 13.3. The zero-order chi connectivity index (χ0) is 24.6. The molecule has 1 aliphatic heterocycles. The fourth-order valence-corrected chi connectivity index (χ4v) is 6.23. The summed E-state index contributed by atoms with van der Waals surface area (Å²) in [4.78, 5) is 5.21. The second-order valence-electron chi connectivity index (χ2n) is 10.2. The van der Waals surface area contributed by atoms with Crippen molar-refractivity contribution in [2.75, 3.05) is 46.4 Å². The van der Waals surface area contributed by atoms with E-state index in [-0.39, 0.29) is 11.7 Å². The number of unbranched alkanes of at least 4 members (excludes halogenated alkanes) is 1. The summed E-state index contributed by atoms with van der Waals surface area (Å²) in [6, 6.07) is 14.2. The molecule has 1 N–H and O–H groups in total. The molecule has 1 heterocycles. The second kappa shape index (κ2) is 13.2. The third-order valence-electron chi connectivity index (χ3n) is 7.95. The number of hydrogen-bond donors (Lipinski definition) is 1. The molecule has 35 heavy (non-hydrogen) atoms. The van der Waals surface area contributed by atoms with E-state index in [4.69, 9.17) is 4.74 Å². The summed E-state index contributed by atoms with van der Waals surface area (Å²) in [6.07, 6.45) is 5.85. The highest BCUT2D eigenvalue weighted by molar-refractivity contribution is 9.10. The molecule has 2 aliphatic rings. The van der Waals surface area contributed by atoms with E-state index < -0.39 is 0 Å². The lowest BCUT2D eigenvalue weighted by Crippen LogP contribution is -2.52. The van der Waals surface area contributed by atoms with Crippen molar-refractivity contribution in [1.29, 1.82) is 0 Å². The van der Waals surface area contributed by atoms with E-state index in [0.717, 1.165) is 68.0 Å². The van der Waals surface area contributed by atoms with Gasteiger partial charge in [0, 0.05) is 43.2 Å². The minimum Gasteiger partial charge on any atom is -0.497 e. The summed E-state index contributed by atoms with van der Waals surface area (Å²) in [5.74, 6) is 1.66. The van der Waals surface area contributed by atoms with Crippen molar-refractivity contribution in [3.8, 4) is 5.75 Å². The van der Waals surface area contributed by atoms with Crippen molar-refractivity contribution in [1.82, 2.24) is 15.1 Å². The van der Waals surface area contributed by atoms with Crippen LogP contribution in [0.3, 0.4) is 0 Å². The Labute approximate surface area is 219 Å². The monoisotopic (exact) mass is 545 g/mol. The number of ether oxygens (including phenoxy) is 1. The maximum absolute atomic E-state index is 14.9. The molecule has 4 nitrogen and oxygen atoms in total. The Hall–Kier alpha value is -1.47. The number of methoxy groups -OCH3 is 1. The molecule has 1 saturated carbocycles. The van der Waals surface area contributed by atoms with E-state index in [1.165, 1.54) is 31.2 Å². The fourth-order valence-electron chi connectivity index (χ4n) is 5.86. The van der Waals surface area contributed by atoms with Crippen LogP contribution in [0.1, 0.15) is 56.1 Å². The van der Waals surface area contributed by atoms with Crippen LogP contribution in [0.5, 0.6) is 5.75 Å². The lowest BCUT2D eigenvalue weighted by molar-refractivity contribution is 0.0602. The van der Waals surface area contributed by atoms with Gasteiger partial charge in [0.1, 0.15) is 11.6 Å². The molecule has 2 fully saturated rings. The molecule has 192 valence electrons. The normalized spacial score (nSPS) is 23.9. The van der Waals surface area contributed by atoms with Crippen LogP contribution >= 0.6 is 15.9 Å². The Morgan fingerprint density at radius 2 is 1.89 bits per heavy atom. The highest BCUT2D eigenvalue weighted by Gasteiger charge is 2.36. The average Bonchev–Trinajstić information content (AvgIpc) is 2.89. The van der Waals surface area contributed by atoms with Gasteiger partial charge in [-0.05, 0) is 86.0 Å². The van der Waals surface area contributed by atoms with Crippen molar-refractivity contribution in [3.63, 3.8) is 0 Å². The summed E-state index contributed by atoms with van der Waals surface area (Å²) >= 11 is 3.70. The van der Waals surface area contributed by atoms with Gasteiger partial charge < -0.3 is 10.1 Å². The standard InChI is InChI=1S/C29H41BrFN3O/c1-3-4-13-32-20-22-9-10-24(19-27(22)26-7-5-6-8-29(26)31)34-16-14-33(15-17-34)21-23-18-25(35-2)11-12-28(23)30/h5-8,11-12,18,22,24,27,32H,3-4,9-10,13-17,19-21H2,1-2H3. The minimum absolute atomic E-state index is 0.0367. The number of nitrogens with one attached hydrogen (secondary N) is 1. The third-order valence-corrected chi connectivity index (χ3v) is 8.73. The predicted octanol–water partition coefficient (Wildman–Crippen LogP) is 6.06. The van der Waals surface area contributed by atoms with Crippen molar-refractivity contribution in [2.45, 2.75) is 57.5 Å². The molecule has 1 aliphatic carbocycles. The van der Waals surface area contributed by atoms with Crippen LogP contribution in [0.25, 0.3) is 0 Å². The van der Waals surface area contributed by atoms with Gasteiger partial charge in [0.05, 0.1) is 7.11 Å². The summed E-state index contributed by atoms with van der Waals surface area (Å²) in [7, 11) is 1.72. The maximum Gasteiger partial charge on any atom is 0.126 e. The quantitative estimate of drug-likeness (QED) is 0.367. The zero-order valence-electron chi connectivity index (χ0n) is 21.3. The van der Waals surface area contributed by atoms with E-state index in [1.54, 1.807) is 13.2 Å². The largest absolute Gasteiger partial charge is 0.497 e. The molecule has 3 atom stereocenters. The Kier molecular flexibility index (Phi) is 10.0. The predicted molar refractivity (Wildman–Crippen MR) is 146 cm³/mol. The summed E-state index contributed by atoms with van der Waals surface area (Å²) < 4.78 is 21.4. The van der Waals surface area contributed by atoms with Crippen LogP contribution in [0.2, 0.25) is 0 Å². The van der Waals surface area contributed by atoms with Crippen LogP contribution in [0.15, 0.2) is 46.9 Å². The van der Waals surface area contributed by atoms with E-state index in [1.807, 2.05) is 24.3 Å². The second-order valence-corrected chi connectivity index (χ2v) is 11.0. The molecule has 0 radical (unpaired) electrons. The van der Waals surface area contributed by atoms with Gasteiger partial charge in [-0.25, -0.2) is 4.39 Å². The van der Waals surface area contributed by atoms with Gasteiger partial charge in [0.2, 0.25) is 0 Å². The molecule has 0 bridgehead atoms. The number of piperazine rings is 1. The molecule has 0 aromatic heterocycles. The van der Waals surface area contributed by atoms with Crippen molar-refractivity contribution in [2.24, 2.45) is 5.92 Å². The molecule has 2 aromatic carbocycles. The summed E-state index contributed by atoms with van der Waals surface area (Å²) in [6.45, 7) is 9.50. The van der Waals surface area contributed by atoms with Gasteiger partial charge in [0.15, 0.2) is 0 Å². The molecule has 4 rings (SSSR count). The van der Waals surface area contributed by atoms with E-state index in [0.29, 0.717) is 12.0 Å². The van der Waals surface area contributed by atoms with Gasteiger partial charge in [-0.1, -0.05) is 47.5 Å². The van der Waals surface area contributed by atoms with Crippen molar-refractivity contribution >= 4 is 15.9 Å². The molecule has 2 aromatic rings. The average molecular weight is 547 g/mol. The number of rotatable bonds is 10. The molecular weight excluding hydrogens is 505 g/mol. The van der Waals surface area contributed by atoms with Crippen LogP contribution in [-0.4, -0.2) is 62.2 Å². The molecule has 0 spiro atoms. The van der Waals surface area contributed by atoms with Crippen molar-refractivity contribution in [3.05, 3.63) is 63.9 Å². The Bertz CT molecular complexity index is 934. The lowest BCUT2D eigenvalue weighted by atomic mass is 9.72. The molecule has 6 heteroatoms. The van der Waals surface area contributed by atoms with Gasteiger partial charge in [0.25, 0.3) is 0 Å². The minimum atomic E-state index is -0.0367. The highest BCUT2D eigenvalue weighted by atomic mass is 79.9. The first kappa shape index (κ1) is 26.6. The highest BCUT2D eigenvalue weighted by Crippen LogP contribution is 2.40. The van der Waals surface area contributed by atoms with Crippen molar-refractivity contribution < 1.29 is 9.13 Å². The molecular formula is C29H41BrFN3O. The first-order valence-corrected chi connectivity index (χ1v) is 14.1. The van der Waals surface area contributed by atoms with Gasteiger partial charge in [-0.3, -0.25) is 9.80 Å².